The molecule has 6 aliphatic carbocycles. The molecule has 120 heavy (non-hydrogen) atoms. The first-order valence-corrected chi connectivity index (χ1v) is 47.9. The van der Waals surface area contributed by atoms with E-state index in [0.29, 0.717) is 30.2 Å². The molecule has 13 aliphatic rings. The minimum atomic E-state index is -0.0304. The third kappa shape index (κ3) is 10.3. The number of hydrogen-bond donors (Lipinski definition) is 0. The van der Waals surface area contributed by atoms with Crippen LogP contribution < -0.4 is 24.5 Å². The zero-order chi connectivity index (χ0) is 84.0. The molecule has 0 N–H and O–H groups in total. The smallest absolute Gasteiger partial charge is 0.206 e. The first kappa shape index (κ1) is 80.1. The van der Waals surface area contributed by atoms with E-state index in [1.165, 1.54) is 216 Å². The van der Waals surface area contributed by atoms with Crippen LogP contribution in [-0.4, -0.2) is 22.3 Å². The van der Waals surface area contributed by atoms with Gasteiger partial charge < -0.3 is 42.5 Å². The van der Waals surface area contributed by atoms with Crippen molar-refractivity contribution in [2.45, 2.75) is 297 Å². The maximum absolute atomic E-state index is 5.84. The van der Waals surface area contributed by atoms with Gasteiger partial charge in [0.05, 0.1) is 85.1 Å². The van der Waals surface area contributed by atoms with Gasteiger partial charge in [0.15, 0.2) is 0 Å². The lowest BCUT2D eigenvalue weighted by atomic mass is 9.47. The molecule has 25 rings (SSSR count). The van der Waals surface area contributed by atoms with E-state index in [2.05, 4.69) is 339 Å². The Hall–Kier alpha value is -8.37. The molecule has 0 radical (unpaired) electrons. The van der Waals surface area contributed by atoms with Crippen LogP contribution in [-0.2, 0) is 52.6 Å². The highest BCUT2D eigenvalue weighted by atomic mass is 32.1. The number of aromatic nitrogens is 5. The Kier molecular flexibility index (Phi) is 18.6. The first-order valence-electron chi connectivity index (χ1n) is 45.6. The number of fused-ring (bicyclic) bond motifs is 19. The third-order valence-electron chi connectivity index (χ3n) is 35.5. The standard InChI is InChI=1S/C22H26N2O.C22H26N2S.C21H24N2O.2C20H26N2S/c1-15-9-5-6-10-18(15)24-16(2)20-19(22(24)12-7-4-8-13-22)17-11-14-25-21(17)23(20)3;1-13-5-3-4-6-20(13)24-14(2)21-19(12-23-25-21)22(24)17-8-15-7-16(10-17)11-18(22)9-15;1-14-8-4-5-9-17(14)23-15(2)19-18(21(23)11-6-7-12-21)16-10-13-24-20(16)22(19)3;2*1-12-9-8-10-14-16(12)22-13(2)17-15(11-21-23-17)20(22,7)19(5,6)18(14,3)4/h5-6,9-11,14,16H,4,7-8,12-13H2,1-3H3;3-6,12,14-18H,7-11H2,1-2H3;4-5,8-10,13,15H,6-7,11-12H2,1-3H3;2*8-11,13H,1-7H3. The molecule has 3 spiro atoms. The summed E-state index contributed by atoms with van der Waals surface area (Å²) in [6.45, 7) is 47.4. The molecule has 6 fully saturated rings. The molecular weight excluding hydrogens is 1530 g/mol. The fourth-order valence-corrected chi connectivity index (χ4v) is 31.2. The van der Waals surface area contributed by atoms with E-state index < -0.39 is 0 Å². The number of rotatable bonds is 3. The Balaban J connectivity index is 0.0000000959. The second kappa shape index (κ2) is 27.8. The van der Waals surface area contributed by atoms with Gasteiger partial charge in [-0.2, -0.15) is 0 Å². The van der Waals surface area contributed by atoms with Gasteiger partial charge in [0.25, 0.3) is 0 Å². The molecule has 7 aliphatic heterocycles. The molecule has 15 heteroatoms. The van der Waals surface area contributed by atoms with Gasteiger partial charge >= 0.3 is 0 Å². The molecule has 12 aromatic rings. The molecule has 0 amide bonds. The summed E-state index contributed by atoms with van der Waals surface area (Å²) in [5.41, 5.74) is 30.2. The highest BCUT2D eigenvalue weighted by Gasteiger charge is 2.69. The third-order valence-corrected chi connectivity index (χ3v) is 38.4. The van der Waals surface area contributed by atoms with Crippen molar-refractivity contribution in [3.05, 3.63) is 245 Å². The van der Waals surface area contributed by atoms with Gasteiger partial charge in [0.2, 0.25) is 11.4 Å². The van der Waals surface area contributed by atoms with Crippen LogP contribution in [0.1, 0.15) is 317 Å². The van der Waals surface area contributed by atoms with Crippen molar-refractivity contribution in [3.63, 3.8) is 0 Å². The van der Waals surface area contributed by atoms with E-state index in [1.54, 1.807) is 40.2 Å². The zero-order valence-electron chi connectivity index (χ0n) is 75.5. The molecule has 6 saturated carbocycles. The van der Waals surface area contributed by atoms with E-state index in [-0.39, 0.29) is 49.4 Å². The Bertz CT molecular complexity index is 5830. The van der Waals surface area contributed by atoms with Gasteiger partial charge in [-0.3, -0.25) is 0 Å². The van der Waals surface area contributed by atoms with E-state index >= 15 is 0 Å². The minimum Gasteiger partial charge on any atom is -0.448 e. The van der Waals surface area contributed by atoms with Gasteiger partial charge in [-0.05, 0) is 279 Å². The van der Waals surface area contributed by atoms with Gasteiger partial charge in [0.1, 0.15) is 0 Å². The second-order valence-corrected chi connectivity index (χ2v) is 43.9. The molecule has 7 unspecified atom stereocenters. The summed E-state index contributed by atoms with van der Waals surface area (Å²) in [6.07, 6.45) is 29.0. The van der Waals surface area contributed by atoms with Crippen molar-refractivity contribution in [1.29, 1.82) is 0 Å². The van der Waals surface area contributed by atoms with Crippen LogP contribution in [0.3, 0.4) is 0 Å². The Morgan fingerprint density at radius 1 is 0.358 bits per heavy atom. The highest BCUT2D eigenvalue weighted by Crippen LogP contribution is 2.73. The number of benzene rings is 5. The van der Waals surface area contributed by atoms with Crippen molar-refractivity contribution < 1.29 is 8.83 Å². The predicted molar refractivity (Wildman–Crippen MR) is 499 cm³/mol. The van der Waals surface area contributed by atoms with Gasteiger partial charge in [0, 0.05) is 122 Å². The quantitative estimate of drug-likeness (QED) is 0.170. The normalized spacial score (nSPS) is 28.9. The average molecular weight is 1660 g/mol. The van der Waals surface area contributed by atoms with Crippen molar-refractivity contribution in [2.24, 2.45) is 48.6 Å². The fraction of sp³-hybridized carbons (Fsp3) is 0.514. The number of hydrogen-bond acceptors (Lipinski definition) is 13. The van der Waals surface area contributed by atoms with Gasteiger partial charge in [-0.25, -0.2) is 13.1 Å². The van der Waals surface area contributed by atoms with Crippen molar-refractivity contribution in [1.82, 2.24) is 22.3 Å². The zero-order valence-corrected chi connectivity index (χ0v) is 78.0. The number of anilines is 5. The Labute approximate surface area is 726 Å². The van der Waals surface area contributed by atoms with Crippen molar-refractivity contribution in [3.8, 4) is 0 Å². The maximum Gasteiger partial charge on any atom is 0.206 e. The molecule has 7 atom stereocenters. The Morgan fingerprint density at radius 2 is 0.700 bits per heavy atom. The monoisotopic (exact) mass is 1660 g/mol. The second-order valence-electron chi connectivity index (χ2n) is 41.4. The predicted octanol–water partition coefficient (Wildman–Crippen LogP) is 28.1. The number of para-hydroxylation sites is 5. The average Bonchev–Trinajstić information content (AvgIpc) is 1.43. The first-order chi connectivity index (χ1) is 57.3. The molecule has 5 aromatic carbocycles. The lowest BCUT2D eigenvalue weighted by molar-refractivity contribution is -0.0603. The van der Waals surface area contributed by atoms with Crippen LogP contribution in [0.4, 0.5) is 28.4 Å². The van der Waals surface area contributed by atoms with Crippen LogP contribution in [0.2, 0.25) is 0 Å². The fourth-order valence-electron chi connectivity index (χ4n) is 28.6. The van der Waals surface area contributed by atoms with E-state index in [1.807, 2.05) is 12.5 Å². The van der Waals surface area contributed by atoms with Crippen LogP contribution in [0.5, 0.6) is 0 Å². The minimum absolute atomic E-state index is 0.0304. The molecule has 628 valence electrons. The molecular formula is C105H128N10O2S3. The summed E-state index contributed by atoms with van der Waals surface area (Å²) >= 11 is 5.10. The van der Waals surface area contributed by atoms with E-state index in [9.17, 15) is 0 Å². The number of nitrogens with zero attached hydrogens (tertiary/aromatic N) is 10. The summed E-state index contributed by atoms with van der Waals surface area (Å²) in [7, 11) is 4.32. The largest absolute Gasteiger partial charge is 0.448 e. The Morgan fingerprint density at radius 3 is 1.09 bits per heavy atom. The summed E-state index contributed by atoms with van der Waals surface area (Å²) in [5, 5.41) is 2.64. The highest BCUT2D eigenvalue weighted by molar-refractivity contribution is 7.06. The van der Waals surface area contributed by atoms with Crippen molar-refractivity contribution in [2.75, 3.05) is 24.5 Å². The molecule has 12 nitrogen and oxygen atoms in total. The summed E-state index contributed by atoms with van der Waals surface area (Å²) in [6, 6.07) is 46.7. The lowest BCUT2D eigenvalue weighted by Gasteiger charge is -2.64. The van der Waals surface area contributed by atoms with Crippen molar-refractivity contribution >= 4 is 85.2 Å². The van der Waals surface area contributed by atoms with Crippen LogP contribution in [0, 0.1) is 69.1 Å². The van der Waals surface area contributed by atoms with E-state index in [4.69, 9.17) is 8.83 Å². The van der Waals surface area contributed by atoms with Crippen LogP contribution in [0.15, 0.2) is 161 Å². The van der Waals surface area contributed by atoms with Gasteiger partial charge in [-0.1, -0.05) is 178 Å². The number of furan rings is 2. The molecule has 4 bridgehead atoms. The van der Waals surface area contributed by atoms with Gasteiger partial charge in [-0.15, -0.1) is 0 Å². The topological polar surface area (TPSA) is 91.0 Å². The SMILES string of the molecule is Cc1cccc2c1N1C(C)c3sncc3C1(C)C(C)(C)C2(C)C.Cc1cccc2c1N1C(C)c3sncc3C1(C)C(C)(C)C2(C)C.Cc1ccccc1N1C(C)c2c(c3ccoc3n2C)C12CCCC2.Cc1ccccc1N1C(C)c2c(c3ccoc3n2C)C12CCCCC2.Cc1ccccc1N1C(C)c2sncc2C12C1CC3CC(C1)CC2C3. The van der Waals surface area contributed by atoms with E-state index in [0.717, 1.165) is 35.1 Å². The molecule has 14 heterocycles. The van der Waals surface area contributed by atoms with Crippen LogP contribution >= 0.6 is 34.6 Å². The summed E-state index contributed by atoms with van der Waals surface area (Å²) in [4.78, 5) is 18.1. The molecule has 7 aromatic heterocycles. The molecule has 0 saturated heterocycles. The maximum atomic E-state index is 5.84. The summed E-state index contributed by atoms with van der Waals surface area (Å²) < 4.78 is 30.0. The lowest BCUT2D eigenvalue weighted by Crippen LogP contribution is -2.62. The number of aryl methyl sites for hydroxylation is 7. The van der Waals surface area contributed by atoms with Crippen LogP contribution in [0.25, 0.3) is 22.2 Å². The summed E-state index contributed by atoms with van der Waals surface area (Å²) in [5.74, 6) is 3.64.